The van der Waals surface area contributed by atoms with Crippen LogP contribution in [-0.4, -0.2) is 49.3 Å². The first-order chi connectivity index (χ1) is 6.63. The van der Waals surface area contributed by atoms with Gasteiger partial charge in [0.2, 0.25) is 0 Å². The zero-order valence-corrected chi connectivity index (χ0v) is 8.90. The van der Waals surface area contributed by atoms with Gasteiger partial charge in [0.25, 0.3) is 0 Å². The molecule has 14 heavy (non-hydrogen) atoms. The van der Waals surface area contributed by atoms with Crippen LogP contribution in [0.2, 0.25) is 0 Å². The summed E-state index contributed by atoms with van der Waals surface area (Å²) in [5.41, 5.74) is 0. The number of nitrogens with zero attached hydrogens (tertiary/aromatic N) is 1. The van der Waals surface area contributed by atoms with Gasteiger partial charge in [0, 0.05) is 6.54 Å². The summed E-state index contributed by atoms with van der Waals surface area (Å²) in [6, 6.07) is 0. The lowest BCUT2D eigenvalue weighted by molar-refractivity contribution is -0.142. The molecule has 0 aromatic rings. The fourth-order valence-electron chi connectivity index (χ4n) is 1.81. The molecule has 1 aliphatic rings. The van der Waals surface area contributed by atoms with Crippen LogP contribution in [0.4, 0.5) is 0 Å². The lowest BCUT2D eigenvalue weighted by atomic mass is 9.94. The van der Waals surface area contributed by atoms with Crippen LogP contribution in [0.15, 0.2) is 0 Å². The van der Waals surface area contributed by atoms with E-state index in [0.29, 0.717) is 6.42 Å². The van der Waals surface area contributed by atoms with E-state index in [1.807, 2.05) is 7.05 Å². The molecule has 0 aliphatic carbocycles. The number of likely N-dealkylation sites (tertiary alicyclic amines) is 1. The van der Waals surface area contributed by atoms with Gasteiger partial charge in [-0.1, -0.05) is 0 Å². The molecule has 2 atom stereocenters. The standard InChI is InChI=1S/C10H19NO3/c1-11-5-3-8(7-10(13)14-2)9(12)4-6-11/h8-9,12H,3-7H2,1-2H3/t8-,9+/m1/s1. The van der Waals surface area contributed by atoms with E-state index in [-0.39, 0.29) is 18.0 Å². The molecule has 82 valence electrons. The van der Waals surface area contributed by atoms with Gasteiger partial charge in [-0.3, -0.25) is 4.79 Å². The zero-order valence-electron chi connectivity index (χ0n) is 8.90. The third kappa shape index (κ3) is 3.27. The largest absolute Gasteiger partial charge is 0.469 e. The molecule has 0 radical (unpaired) electrons. The summed E-state index contributed by atoms with van der Waals surface area (Å²) in [4.78, 5) is 13.3. The van der Waals surface area contributed by atoms with Gasteiger partial charge in [0.15, 0.2) is 0 Å². The number of aliphatic hydroxyl groups is 1. The van der Waals surface area contributed by atoms with Crippen molar-refractivity contribution in [1.29, 1.82) is 0 Å². The summed E-state index contributed by atoms with van der Waals surface area (Å²) in [7, 11) is 3.42. The molecule has 0 spiro atoms. The molecule has 1 saturated heterocycles. The first kappa shape index (κ1) is 11.5. The normalized spacial score (nSPS) is 29.6. The van der Waals surface area contributed by atoms with Gasteiger partial charge in [-0.15, -0.1) is 0 Å². The van der Waals surface area contributed by atoms with Crippen molar-refractivity contribution < 1.29 is 14.6 Å². The van der Waals surface area contributed by atoms with Crippen molar-refractivity contribution in [3.05, 3.63) is 0 Å². The number of rotatable bonds is 2. The Bertz CT molecular complexity index is 196. The first-order valence-corrected chi connectivity index (χ1v) is 5.07. The SMILES string of the molecule is COC(=O)C[C@H]1CCN(C)CC[C@@H]1O. The van der Waals surface area contributed by atoms with Gasteiger partial charge in [0.1, 0.15) is 0 Å². The molecule has 0 aromatic carbocycles. The second-order valence-corrected chi connectivity index (χ2v) is 3.99. The average Bonchev–Trinajstić information content (AvgIpc) is 2.33. The van der Waals surface area contributed by atoms with Crippen molar-refractivity contribution >= 4 is 5.97 Å². The molecule has 1 aliphatic heterocycles. The van der Waals surface area contributed by atoms with E-state index in [1.165, 1.54) is 7.11 Å². The number of hydrogen-bond acceptors (Lipinski definition) is 4. The number of methoxy groups -OCH3 is 1. The minimum absolute atomic E-state index is 0.0624. The summed E-state index contributed by atoms with van der Waals surface area (Å²) in [5.74, 6) is -0.161. The highest BCUT2D eigenvalue weighted by atomic mass is 16.5. The van der Waals surface area contributed by atoms with Gasteiger partial charge in [-0.05, 0) is 32.4 Å². The Morgan fingerprint density at radius 3 is 2.79 bits per heavy atom. The van der Waals surface area contributed by atoms with Crippen molar-refractivity contribution in [1.82, 2.24) is 4.90 Å². The van der Waals surface area contributed by atoms with E-state index in [0.717, 1.165) is 25.9 Å². The Balaban J connectivity index is 2.45. The Labute approximate surface area is 84.8 Å². The number of carbonyl (C=O) groups is 1. The van der Waals surface area contributed by atoms with Crippen molar-refractivity contribution in [2.24, 2.45) is 5.92 Å². The number of esters is 1. The highest BCUT2D eigenvalue weighted by Crippen LogP contribution is 2.21. The molecule has 4 nitrogen and oxygen atoms in total. The van der Waals surface area contributed by atoms with Crippen LogP contribution >= 0.6 is 0 Å². The summed E-state index contributed by atoms with van der Waals surface area (Å²) in [5, 5.41) is 9.78. The fourth-order valence-corrected chi connectivity index (χ4v) is 1.81. The van der Waals surface area contributed by atoms with Crippen LogP contribution < -0.4 is 0 Å². The number of carbonyl (C=O) groups excluding carboxylic acids is 1. The van der Waals surface area contributed by atoms with Gasteiger partial charge in [0.05, 0.1) is 19.6 Å². The monoisotopic (exact) mass is 201 g/mol. The summed E-state index contributed by atoms with van der Waals surface area (Å²) >= 11 is 0. The van der Waals surface area contributed by atoms with Crippen molar-refractivity contribution in [3.8, 4) is 0 Å². The highest BCUT2D eigenvalue weighted by molar-refractivity contribution is 5.69. The molecule has 1 N–H and O–H groups in total. The van der Waals surface area contributed by atoms with Gasteiger partial charge in [-0.25, -0.2) is 0 Å². The lowest BCUT2D eigenvalue weighted by Gasteiger charge is -2.18. The van der Waals surface area contributed by atoms with Crippen LogP contribution in [0.5, 0.6) is 0 Å². The van der Waals surface area contributed by atoms with E-state index >= 15 is 0 Å². The van der Waals surface area contributed by atoms with Crippen LogP contribution in [0.1, 0.15) is 19.3 Å². The van der Waals surface area contributed by atoms with E-state index < -0.39 is 0 Å². The molecule has 1 heterocycles. The van der Waals surface area contributed by atoms with Crippen LogP contribution in [0, 0.1) is 5.92 Å². The maximum Gasteiger partial charge on any atom is 0.305 e. The van der Waals surface area contributed by atoms with E-state index in [4.69, 9.17) is 0 Å². The van der Waals surface area contributed by atoms with Crippen molar-refractivity contribution in [2.45, 2.75) is 25.4 Å². The molecule has 0 unspecified atom stereocenters. The lowest BCUT2D eigenvalue weighted by Crippen LogP contribution is -2.23. The minimum Gasteiger partial charge on any atom is -0.469 e. The Morgan fingerprint density at radius 1 is 1.50 bits per heavy atom. The first-order valence-electron chi connectivity index (χ1n) is 5.07. The van der Waals surface area contributed by atoms with E-state index in [2.05, 4.69) is 9.64 Å². The van der Waals surface area contributed by atoms with Crippen LogP contribution in [0.3, 0.4) is 0 Å². The number of aliphatic hydroxyl groups excluding tert-OH is 1. The Hall–Kier alpha value is -0.610. The van der Waals surface area contributed by atoms with Gasteiger partial charge in [-0.2, -0.15) is 0 Å². The van der Waals surface area contributed by atoms with Gasteiger partial charge >= 0.3 is 5.97 Å². The predicted molar refractivity (Wildman–Crippen MR) is 52.9 cm³/mol. The van der Waals surface area contributed by atoms with Gasteiger partial charge < -0.3 is 14.7 Å². The summed E-state index contributed by atoms with van der Waals surface area (Å²) in [6.07, 6.45) is 1.59. The van der Waals surface area contributed by atoms with Crippen molar-refractivity contribution in [2.75, 3.05) is 27.2 Å². The number of hydrogen-bond donors (Lipinski definition) is 1. The average molecular weight is 201 g/mol. The fraction of sp³-hybridized carbons (Fsp3) is 0.900. The molecule has 0 bridgehead atoms. The van der Waals surface area contributed by atoms with E-state index in [1.54, 1.807) is 0 Å². The molecule has 0 saturated carbocycles. The third-order valence-corrected chi connectivity index (χ3v) is 2.89. The zero-order chi connectivity index (χ0) is 10.6. The smallest absolute Gasteiger partial charge is 0.305 e. The second kappa shape index (κ2) is 5.32. The Morgan fingerprint density at radius 2 is 2.14 bits per heavy atom. The molecular weight excluding hydrogens is 182 g/mol. The molecule has 1 rings (SSSR count). The molecule has 0 aromatic heterocycles. The quantitative estimate of drug-likeness (QED) is 0.651. The highest BCUT2D eigenvalue weighted by Gasteiger charge is 2.25. The van der Waals surface area contributed by atoms with E-state index in [9.17, 15) is 9.90 Å². The minimum atomic E-state index is -0.362. The molecule has 0 amide bonds. The third-order valence-electron chi connectivity index (χ3n) is 2.89. The second-order valence-electron chi connectivity index (χ2n) is 3.99. The maximum atomic E-state index is 11.1. The van der Waals surface area contributed by atoms with Crippen LogP contribution in [-0.2, 0) is 9.53 Å². The summed E-state index contributed by atoms with van der Waals surface area (Å²) < 4.78 is 4.61. The number of ether oxygens (including phenoxy) is 1. The topological polar surface area (TPSA) is 49.8 Å². The Kier molecular flexibility index (Phi) is 4.35. The molecular formula is C10H19NO3. The molecule has 1 fully saturated rings. The molecule has 4 heteroatoms. The van der Waals surface area contributed by atoms with Crippen molar-refractivity contribution in [3.63, 3.8) is 0 Å². The maximum absolute atomic E-state index is 11.1. The summed E-state index contributed by atoms with van der Waals surface area (Å²) in [6.45, 7) is 1.84. The predicted octanol–water partition coefficient (Wildman–Crippen LogP) is 0.252. The van der Waals surface area contributed by atoms with Crippen LogP contribution in [0.25, 0.3) is 0 Å².